The summed E-state index contributed by atoms with van der Waals surface area (Å²) in [4.78, 5) is 4.88. The maximum absolute atomic E-state index is 13.2. The molecule has 0 N–H and O–H groups in total. The number of hydrogen-bond donors (Lipinski definition) is 0. The predicted octanol–water partition coefficient (Wildman–Crippen LogP) is 2.49. The Labute approximate surface area is 95.0 Å². The van der Waals surface area contributed by atoms with E-state index in [1.165, 1.54) is 6.07 Å². The third-order valence-electron chi connectivity index (χ3n) is 1.98. The first kappa shape index (κ1) is 10.4. The summed E-state index contributed by atoms with van der Waals surface area (Å²) in [6.45, 7) is 0.958. The van der Waals surface area contributed by atoms with Crippen molar-refractivity contribution in [1.82, 2.24) is 0 Å². The third kappa shape index (κ3) is 2.47. The minimum absolute atomic E-state index is 0.287. The molecule has 0 spiro atoms. The fourth-order valence-electron chi connectivity index (χ4n) is 1.27. The monoisotopic (exact) mass is 273 g/mol. The second kappa shape index (κ2) is 4.61. The SMILES string of the molecule is Fc1cccc(CC2=NOCCO2)c1Br. The van der Waals surface area contributed by atoms with Gasteiger partial charge in [0, 0.05) is 0 Å². The van der Waals surface area contributed by atoms with Crippen LogP contribution in [0.3, 0.4) is 0 Å². The molecule has 0 amide bonds. The van der Waals surface area contributed by atoms with Gasteiger partial charge in [-0.3, -0.25) is 0 Å². The van der Waals surface area contributed by atoms with Gasteiger partial charge in [-0.25, -0.2) is 4.39 Å². The summed E-state index contributed by atoms with van der Waals surface area (Å²) >= 11 is 3.18. The van der Waals surface area contributed by atoms with E-state index in [0.29, 0.717) is 30.0 Å². The standard InChI is InChI=1S/C10H9BrFNO2/c11-10-7(2-1-3-8(10)12)6-9-13-15-5-4-14-9/h1-3H,4-6H2. The minimum Gasteiger partial charge on any atom is -0.475 e. The summed E-state index contributed by atoms with van der Waals surface area (Å²) in [7, 11) is 0. The molecule has 1 aromatic rings. The first-order valence-corrected chi connectivity index (χ1v) is 5.31. The van der Waals surface area contributed by atoms with Crippen molar-refractivity contribution in [3.05, 3.63) is 34.1 Å². The first-order valence-electron chi connectivity index (χ1n) is 4.52. The van der Waals surface area contributed by atoms with E-state index in [-0.39, 0.29) is 5.82 Å². The Morgan fingerprint density at radius 3 is 3.00 bits per heavy atom. The van der Waals surface area contributed by atoms with Gasteiger partial charge in [0.2, 0.25) is 5.90 Å². The molecular formula is C10H9BrFNO2. The lowest BCUT2D eigenvalue weighted by atomic mass is 10.1. The maximum Gasteiger partial charge on any atom is 0.230 e. The number of halogens is 2. The molecule has 1 heterocycles. The molecule has 0 aromatic heterocycles. The lowest BCUT2D eigenvalue weighted by Crippen LogP contribution is -2.18. The zero-order valence-electron chi connectivity index (χ0n) is 7.87. The van der Waals surface area contributed by atoms with E-state index in [9.17, 15) is 4.39 Å². The second-order valence-corrected chi connectivity index (χ2v) is 3.85. The van der Waals surface area contributed by atoms with Gasteiger partial charge >= 0.3 is 0 Å². The van der Waals surface area contributed by atoms with E-state index < -0.39 is 0 Å². The summed E-state index contributed by atoms with van der Waals surface area (Å²) in [6, 6.07) is 4.86. The largest absolute Gasteiger partial charge is 0.475 e. The third-order valence-corrected chi connectivity index (χ3v) is 2.87. The van der Waals surface area contributed by atoms with Crippen molar-refractivity contribution in [2.75, 3.05) is 13.2 Å². The van der Waals surface area contributed by atoms with E-state index in [0.717, 1.165) is 5.56 Å². The predicted molar refractivity (Wildman–Crippen MR) is 57.1 cm³/mol. The maximum atomic E-state index is 13.2. The number of benzene rings is 1. The van der Waals surface area contributed by atoms with Crippen molar-refractivity contribution in [2.24, 2.45) is 5.16 Å². The molecule has 80 valence electrons. The summed E-state index contributed by atoms with van der Waals surface area (Å²) in [5.41, 5.74) is 0.791. The summed E-state index contributed by atoms with van der Waals surface area (Å²) in [5, 5.41) is 3.75. The Hall–Kier alpha value is -1.10. The number of ether oxygens (including phenoxy) is 1. The van der Waals surface area contributed by atoms with Crippen LogP contribution in [0.4, 0.5) is 4.39 Å². The van der Waals surface area contributed by atoms with Gasteiger partial charge in [-0.2, -0.15) is 0 Å². The fourth-order valence-corrected chi connectivity index (χ4v) is 1.68. The Morgan fingerprint density at radius 1 is 1.40 bits per heavy atom. The molecule has 0 unspecified atom stereocenters. The molecule has 0 radical (unpaired) electrons. The van der Waals surface area contributed by atoms with Crippen molar-refractivity contribution in [2.45, 2.75) is 6.42 Å². The Bertz CT molecular complexity index is 395. The average molecular weight is 274 g/mol. The van der Waals surface area contributed by atoms with Gasteiger partial charge in [-0.1, -0.05) is 17.3 Å². The normalized spacial score (nSPS) is 15.2. The molecule has 0 fully saturated rings. The number of rotatable bonds is 2. The van der Waals surface area contributed by atoms with Gasteiger partial charge in [0.05, 0.1) is 10.9 Å². The first-order chi connectivity index (χ1) is 7.27. The van der Waals surface area contributed by atoms with E-state index in [4.69, 9.17) is 9.57 Å². The molecule has 1 aliphatic rings. The lowest BCUT2D eigenvalue weighted by molar-refractivity contribution is 0.0624. The molecule has 2 rings (SSSR count). The molecule has 0 atom stereocenters. The molecule has 1 aliphatic heterocycles. The van der Waals surface area contributed by atoms with Crippen LogP contribution >= 0.6 is 15.9 Å². The van der Waals surface area contributed by atoms with E-state index in [2.05, 4.69) is 21.1 Å². The number of oxime groups is 1. The smallest absolute Gasteiger partial charge is 0.230 e. The molecular weight excluding hydrogens is 265 g/mol. The van der Waals surface area contributed by atoms with Crippen molar-refractivity contribution in [1.29, 1.82) is 0 Å². The fraction of sp³-hybridized carbons (Fsp3) is 0.300. The molecule has 1 aromatic carbocycles. The van der Waals surface area contributed by atoms with Gasteiger partial charge in [0.15, 0.2) is 6.61 Å². The van der Waals surface area contributed by atoms with Gasteiger partial charge < -0.3 is 9.57 Å². The van der Waals surface area contributed by atoms with Crippen molar-refractivity contribution < 1.29 is 14.0 Å². The van der Waals surface area contributed by atoms with Crippen LogP contribution in [0.2, 0.25) is 0 Å². The number of nitrogens with zero attached hydrogens (tertiary/aromatic N) is 1. The lowest BCUT2D eigenvalue weighted by Gasteiger charge is -2.13. The molecule has 0 saturated carbocycles. The highest BCUT2D eigenvalue weighted by Gasteiger charge is 2.12. The van der Waals surface area contributed by atoms with Crippen LogP contribution in [0.5, 0.6) is 0 Å². The van der Waals surface area contributed by atoms with Crippen molar-refractivity contribution in [3.8, 4) is 0 Å². The quantitative estimate of drug-likeness (QED) is 0.829. The van der Waals surface area contributed by atoms with Crippen molar-refractivity contribution in [3.63, 3.8) is 0 Å². The van der Waals surface area contributed by atoms with Crippen LogP contribution in [-0.4, -0.2) is 19.1 Å². The number of hydrogen-bond acceptors (Lipinski definition) is 3. The molecule has 0 aliphatic carbocycles. The Morgan fingerprint density at radius 2 is 2.27 bits per heavy atom. The highest BCUT2D eigenvalue weighted by atomic mass is 79.9. The molecule has 15 heavy (non-hydrogen) atoms. The zero-order valence-corrected chi connectivity index (χ0v) is 9.46. The summed E-state index contributed by atoms with van der Waals surface area (Å²) in [5.74, 6) is 0.192. The highest BCUT2D eigenvalue weighted by Crippen LogP contribution is 2.21. The van der Waals surface area contributed by atoms with Gasteiger partial charge in [-0.05, 0) is 27.6 Å². The zero-order chi connectivity index (χ0) is 10.7. The van der Waals surface area contributed by atoms with Crippen LogP contribution < -0.4 is 0 Å². The van der Waals surface area contributed by atoms with Crippen LogP contribution in [0.25, 0.3) is 0 Å². The molecule has 3 nitrogen and oxygen atoms in total. The highest BCUT2D eigenvalue weighted by molar-refractivity contribution is 9.10. The van der Waals surface area contributed by atoms with Crippen LogP contribution in [0.15, 0.2) is 27.8 Å². The Balaban J connectivity index is 2.16. The molecule has 5 heteroatoms. The van der Waals surface area contributed by atoms with Gasteiger partial charge in [0.1, 0.15) is 12.4 Å². The van der Waals surface area contributed by atoms with E-state index >= 15 is 0 Å². The summed E-state index contributed by atoms with van der Waals surface area (Å²) < 4.78 is 18.9. The van der Waals surface area contributed by atoms with E-state index in [1.54, 1.807) is 6.07 Å². The minimum atomic E-state index is -0.287. The molecule has 0 bridgehead atoms. The topological polar surface area (TPSA) is 30.8 Å². The van der Waals surface area contributed by atoms with Crippen LogP contribution in [0.1, 0.15) is 5.56 Å². The van der Waals surface area contributed by atoms with Crippen LogP contribution in [0, 0.1) is 5.82 Å². The Kier molecular flexibility index (Phi) is 3.20. The van der Waals surface area contributed by atoms with Crippen molar-refractivity contribution >= 4 is 21.8 Å². The summed E-state index contributed by atoms with van der Waals surface area (Å²) in [6.07, 6.45) is 0.429. The average Bonchev–Trinajstić information content (AvgIpc) is 2.26. The van der Waals surface area contributed by atoms with Gasteiger partial charge in [0.25, 0.3) is 0 Å². The van der Waals surface area contributed by atoms with E-state index in [1.807, 2.05) is 6.07 Å². The van der Waals surface area contributed by atoms with Crippen LogP contribution in [-0.2, 0) is 16.0 Å². The van der Waals surface area contributed by atoms with Gasteiger partial charge in [-0.15, -0.1) is 0 Å². The molecule has 0 saturated heterocycles. The second-order valence-electron chi connectivity index (χ2n) is 3.06.